The van der Waals surface area contributed by atoms with Crippen molar-refractivity contribution >= 4 is 11.7 Å². The van der Waals surface area contributed by atoms with E-state index in [2.05, 4.69) is 63.2 Å². The predicted molar refractivity (Wildman–Crippen MR) is 146 cm³/mol. The van der Waals surface area contributed by atoms with E-state index in [-0.39, 0.29) is 0 Å². The molecule has 0 amide bonds. The summed E-state index contributed by atoms with van der Waals surface area (Å²) in [5.41, 5.74) is 4.01. The topological polar surface area (TPSA) is 55.8 Å². The van der Waals surface area contributed by atoms with Gasteiger partial charge in [-0.25, -0.2) is 4.79 Å². The molecule has 0 aliphatic carbocycles. The van der Waals surface area contributed by atoms with Crippen molar-refractivity contribution in [2.75, 3.05) is 32.9 Å². The lowest BCUT2D eigenvalue weighted by atomic mass is 9.97. The number of benzene rings is 2. The molecule has 194 valence electrons. The molecule has 1 heterocycles. The van der Waals surface area contributed by atoms with E-state index in [0.29, 0.717) is 31.1 Å². The van der Waals surface area contributed by atoms with E-state index in [4.69, 9.17) is 9.47 Å². The molecule has 1 atom stereocenters. The Morgan fingerprint density at radius 3 is 2.42 bits per heavy atom. The normalized spacial score (nSPS) is 18.2. The number of hydrogen-bond donors (Lipinski definition) is 1. The van der Waals surface area contributed by atoms with E-state index < -0.39 is 5.97 Å². The number of nitrogens with zero attached hydrogens (tertiary/aromatic N) is 1. The Morgan fingerprint density at radius 2 is 1.75 bits per heavy atom. The number of unbranched alkanes of at least 4 members (excludes halogenated alkanes) is 1. The second-order valence-corrected chi connectivity index (χ2v) is 10.1. The molecular weight excluding hydrogens is 450 g/mol. The molecule has 0 radical (unpaired) electrons. The molecule has 0 saturated carbocycles. The van der Waals surface area contributed by atoms with E-state index in [1.807, 2.05) is 24.3 Å². The van der Waals surface area contributed by atoms with Crippen LogP contribution in [-0.4, -0.2) is 48.5 Å². The summed E-state index contributed by atoms with van der Waals surface area (Å²) in [4.78, 5) is 11.8. The molecule has 3 rings (SSSR count). The van der Waals surface area contributed by atoms with Crippen molar-refractivity contribution in [1.82, 2.24) is 0 Å². The van der Waals surface area contributed by atoms with E-state index in [1.165, 1.54) is 5.56 Å². The van der Waals surface area contributed by atoms with Gasteiger partial charge in [0.05, 0.1) is 19.7 Å². The number of rotatable bonds is 13. The molecule has 36 heavy (non-hydrogen) atoms. The zero-order valence-corrected chi connectivity index (χ0v) is 22.1. The third-order valence-electron chi connectivity index (χ3n) is 6.59. The van der Waals surface area contributed by atoms with Gasteiger partial charge in [-0.2, -0.15) is 0 Å². The number of carbonyl (C=O) groups is 1. The molecule has 1 aliphatic heterocycles. The minimum atomic E-state index is -0.831. The van der Waals surface area contributed by atoms with Crippen LogP contribution in [0.1, 0.15) is 57.6 Å². The largest absolute Gasteiger partial charge is 0.491 e. The highest BCUT2D eigenvalue weighted by Crippen LogP contribution is 2.35. The number of aliphatic carboxylic acids is 1. The molecule has 2 aromatic carbocycles. The third-order valence-corrected chi connectivity index (χ3v) is 6.59. The van der Waals surface area contributed by atoms with Gasteiger partial charge < -0.3 is 14.6 Å². The smallest absolute Gasteiger partial charge is 0.331 e. The molecule has 5 heteroatoms. The summed E-state index contributed by atoms with van der Waals surface area (Å²) in [6.07, 6.45) is 7.47. The van der Waals surface area contributed by atoms with E-state index in [0.717, 1.165) is 67.0 Å². The fraction of sp³-hybridized carbons (Fsp3) is 0.452. The Hall–Kier alpha value is -2.89. The Kier molecular flexibility index (Phi) is 10.8. The van der Waals surface area contributed by atoms with Crippen LogP contribution in [0.5, 0.6) is 5.75 Å². The average molecular weight is 493 g/mol. The summed E-state index contributed by atoms with van der Waals surface area (Å²) in [5.74, 6) is 0.466. The number of hydrogen-bond acceptors (Lipinski definition) is 3. The predicted octanol–water partition coefficient (Wildman–Crippen LogP) is 6.70. The maximum Gasteiger partial charge on any atom is 0.331 e. The average Bonchev–Trinajstić information content (AvgIpc) is 2.84. The summed E-state index contributed by atoms with van der Waals surface area (Å²) in [6.45, 7) is 11.3. The Bertz CT molecular complexity index is 1010. The summed E-state index contributed by atoms with van der Waals surface area (Å²) in [5, 5.41) is 9.68. The Morgan fingerprint density at radius 1 is 1.00 bits per heavy atom. The summed E-state index contributed by atoms with van der Waals surface area (Å²) < 4.78 is 12.3. The maximum absolute atomic E-state index is 11.8. The van der Waals surface area contributed by atoms with Gasteiger partial charge in [0.25, 0.3) is 0 Å². The standard InChI is InChI=1S/C31H41NO4/c1-4-5-20-35-21-22-36-29-16-13-27(14-17-29)30-18-15-28(31(33)34)12-9-19-32(30,23-25(2)3)24-26-10-7-6-8-11-26/h6-8,10-11,13-18,25H,4-5,9,12,19-24H2,1-3H3/p+1. The van der Waals surface area contributed by atoms with Crippen LogP contribution in [-0.2, 0) is 16.1 Å². The molecule has 0 fully saturated rings. The van der Waals surface area contributed by atoms with E-state index in [1.54, 1.807) is 0 Å². The van der Waals surface area contributed by atoms with Crippen molar-refractivity contribution in [3.8, 4) is 5.75 Å². The first-order chi connectivity index (χ1) is 17.4. The van der Waals surface area contributed by atoms with Crippen LogP contribution in [0.15, 0.2) is 72.3 Å². The van der Waals surface area contributed by atoms with Gasteiger partial charge in [0.15, 0.2) is 0 Å². The summed E-state index contributed by atoms with van der Waals surface area (Å²) in [6, 6.07) is 18.8. The van der Waals surface area contributed by atoms with Crippen LogP contribution in [0, 0.1) is 5.92 Å². The molecule has 0 aromatic heterocycles. The van der Waals surface area contributed by atoms with Gasteiger partial charge in [-0.05, 0) is 43.2 Å². The molecule has 2 aromatic rings. The van der Waals surface area contributed by atoms with Crippen molar-refractivity contribution in [2.24, 2.45) is 5.92 Å². The van der Waals surface area contributed by atoms with Crippen molar-refractivity contribution in [3.05, 3.63) is 83.4 Å². The van der Waals surface area contributed by atoms with Crippen LogP contribution in [0.2, 0.25) is 0 Å². The summed E-state index contributed by atoms with van der Waals surface area (Å²) >= 11 is 0. The zero-order valence-electron chi connectivity index (χ0n) is 22.1. The molecule has 1 aliphatic rings. The number of allylic oxidation sites excluding steroid dienone is 2. The van der Waals surface area contributed by atoms with Crippen LogP contribution >= 0.6 is 0 Å². The molecule has 5 nitrogen and oxygen atoms in total. The highest BCUT2D eigenvalue weighted by molar-refractivity contribution is 5.87. The number of ether oxygens (including phenoxy) is 2. The first-order valence-corrected chi connectivity index (χ1v) is 13.3. The SMILES string of the molecule is CCCCOCCOc1ccc(C2=CC=C(C(=O)O)CCC[N+]2(Cc2ccccc2)CC(C)C)cc1. The number of quaternary nitrogens is 1. The highest BCUT2D eigenvalue weighted by Gasteiger charge is 2.35. The maximum atomic E-state index is 11.8. The Balaban J connectivity index is 1.92. The van der Waals surface area contributed by atoms with Crippen molar-refractivity contribution in [1.29, 1.82) is 0 Å². The molecule has 1 N–H and O–H groups in total. The minimum absolute atomic E-state index is 0.470. The number of carboxylic acid groups (broad SMARTS) is 1. The van der Waals surface area contributed by atoms with Crippen LogP contribution in [0.25, 0.3) is 5.70 Å². The van der Waals surface area contributed by atoms with E-state index >= 15 is 0 Å². The lowest BCUT2D eigenvalue weighted by molar-refractivity contribution is -0.876. The van der Waals surface area contributed by atoms with Crippen LogP contribution in [0.3, 0.4) is 0 Å². The van der Waals surface area contributed by atoms with Gasteiger partial charge >= 0.3 is 5.97 Å². The monoisotopic (exact) mass is 492 g/mol. The zero-order chi connectivity index (χ0) is 25.8. The van der Waals surface area contributed by atoms with Crippen molar-refractivity contribution in [2.45, 2.75) is 53.0 Å². The first kappa shape index (κ1) is 27.7. The Labute approximate surface area is 216 Å². The van der Waals surface area contributed by atoms with Gasteiger partial charge in [-0.1, -0.05) is 57.5 Å². The van der Waals surface area contributed by atoms with Crippen LogP contribution < -0.4 is 4.74 Å². The van der Waals surface area contributed by atoms with Crippen molar-refractivity contribution in [3.63, 3.8) is 0 Å². The van der Waals surface area contributed by atoms with Gasteiger partial charge in [-0.3, -0.25) is 4.48 Å². The molecule has 0 spiro atoms. The van der Waals surface area contributed by atoms with Gasteiger partial charge in [-0.15, -0.1) is 0 Å². The molecule has 1 unspecified atom stereocenters. The second kappa shape index (κ2) is 14.0. The van der Waals surface area contributed by atoms with Crippen LogP contribution in [0.4, 0.5) is 0 Å². The number of carboxylic acids is 1. The fourth-order valence-corrected chi connectivity index (χ4v) is 5.00. The first-order valence-electron chi connectivity index (χ1n) is 13.3. The highest BCUT2D eigenvalue weighted by atomic mass is 16.5. The molecule has 0 bridgehead atoms. The molecule has 0 saturated heterocycles. The third kappa shape index (κ3) is 8.07. The second-order valence-electron chi connectivity index (χ2n) is 10.1. The van der Waals surface area contributed by atoms with Gasteiger partial charge in [0.1, 0.15) is 24.6 Å². The lowest BCUT2D eigenvalue weighted by Gasteiger charge is -2.42. The lowest BCUT2D eigenvalue weighted by Crippen LogP contribution is -2.49. The molecular formula is C31H42NO4+. The van der Waals surface area contributed by atoms with Gasteiger partial charge in [0, 0.05) is 41.7 Å². The fourth-order valence-electron chi connectivity index (χ4n) is 5.00. The minimum Gasteiger partial charge on any atom is -0.491 e. The quantitative estimate of drug-likeness (QED) is 0.250. The summed E-state index contributed by atoms with van der Waals surface area (Å²) in [7, 11) is 0. The van der Waals surface area contributed by atoms with Gasteiger partial charge in [0.2, 0.25) is 0 Å². The van der Waals surface area contributed by atoms with Crippen molar-refractivity contribution < 1.29 is 23.9 Å². The van der Waals surface area contributed by atoms with E-state index in [9.17, 15) is 9.90 Å².